The third-order valence-electron chi connectivity index (χ3n) is 1.91. The fourth-order valence-electron chi connectivity index (χ4n) is 1.06. The van der Waals surface area contributed by atoms with Crippen molar-refractivity contribution in [2.75, 3.05) is 6.54 Å². The van der Waals surface area contributed by atoms with E-state index >= 15 is 0 Å². The van der Waals surface area contributed by atoms with Crippen LogP contribution in [0.25, 0.3) is 0 Å². The SMILES string of the molecule is CCC(Br)CCNCc1nnn(C)n1. The maximum absolute atomic E-state index is 4.07. The maximum Gasteiger partial charge on any atom is 0.188 e. The minimum atomic E-state index is 0.602. The quantitative estimate of drug-likeness (QED) is 0.610. The lowest BCUT2D eigenvalue weighted by Gasteiger charge is -2.05. The van der Waals surface area contributed by atoms with Gasteiger partial charge in [0.05, 0.1) is 13.6 Å². The van der Waals surface area contributed by atoms with Gasteiger partial charge in [-0.3, -0.25) is 0 Å². The zero-order valence-electron chi connectivity index (χ0n) is 8.57. The second kappa shape index (κ2) is 6.08. The summed E-state index contributed by atoms with van der Waals surface area (Å²) in [5, 5.41) is 15.0. The number of tetrazole rings is 1. The highest BCUT2D eigenvalue weighted by molar-refractivity contribution is 9.09. The van der Waals surface area contributed by atoms with E-state index in [4.69, 9.17) is 0 Å². The van der Waals surface area contributed by atoms with Gasteiger partial charge in [0.1, 0.15) is 0 Å². The molecule has 0 saturated carbocycles. The molecule has 1 aromatic heterocycles. The van der Waals surface area contributed by atoms with E-state index in [0.29, 0.717) is 11.4 Å². The normalized spacial score (nSPS) is 13.1. The van der Waals surface area contributed by atoms with Gasteiger partial charge in [-0.1, -0.05) is 22.9 Å². The molecule has 6 heteroatoms. The summed E-state index contributed by atoms with van der Waals surface area (Å²) < 4.78 is 0. The van der Waals surface area contributed by atoms with E-state index in [1.165, 1.54) is 4.80 Å². The molecule has 80 valence electrons. The van der Waals surface area contributed by atoms with Gasteiger partial charge in [-0.25, -0.2) is 0 Å². The average Bonchev–Trinajstić information content (AvgIpc) is 2.58. The monoisotopic (exact) mass is 261 g/mol. The van der Waals surface area contributed by atoms with Crippen LogP contribution in [0.4, 0.5) is 0 Å². The minimum Gasteiger partial charge on any atom is -0.310 e. The van der Waals surface area contributed by atoms with E-state index in [9.17, 15) is 0 Å². The van der Waals surface area contributed by atoms with Crippen molar-refractivity contribution in [2.45, 2.75) is 31.1 Å². The zero-order chi connectivity index (χ0) is 10.4. The van der Waals surface area contributed by atoms with E-state index in [2.05, 4.69) is 43.6 Å². The number of rotatable bonds is 6. The lowest BCUT2D eigenvalue weighted by Crippen LogP contribution is -2.18. The standard InChI is InChI=1S/C8H16BrN5/c1-3-7(9)4-5-10-6-8-11-13-14(2)12-8/h7,10H,3-6H2,1-2H3. The molecule has 0 bridgehead atoms. The Balaban J connectivity index is 2.10. The molecule has 0 amide bonds. The molecule has 14 heavy (non-hydrogen) atoms. The number of alkyl halides is 1. The Morgan fingerprint density at radius 2 is 2.36 bits per heavy atom. The van der Waals surface area contributed by atoms with Gasteiger partial charge in [0.25, 0.3) is 0 Å². The Hall–Kier alpha value is -0.490. The van der Waals surface area contributed by atoms with Crippen LogP contribution in [0.3, 0.4) is 0 Å². The van der Waals surface area contributed by atoms with Crippen molar-refractivity contribution >= 4 is 15.9 Å². The summed E-state index contributed by atoms with van der Waals surface area (Å²) >= 11 is 3.58. The van der Waals surface area contributed by atoms with Crippen molar-refractivity contribution in [3.63, 3.8) is 0 Å². The zero-order valence-corrected chi connectivity index (χ0v) is 10.2. The maximum atomic E-state index is 4.07. The highest BCUT2D eigenvalue weighted by Gasteiger charge is 2.01. The predicted octanol–water partition coefficient (Wildman–Crippen LogP) is 0.863. The van der Waals surface area contributed by atoms with E-state index < -0.39 is 0 Å². The van der Waals surface area contributed by atoms with Crippen molar-refractivity contribution in [3.05, 3.63) is 5.82 Å². The first-order valence-corrected chi connectivity index (χ1v) is 5.71. The number of nitrogens with zero attached hydrogens (tertiary/aromatic N) is 4. The molecule has 0 aliphatic carbocycles. The fraction of sp³-hybridized carbons (Fsp3) is 0.875. The first-order chi connectivity index (χ1) is 6.72. The number of halogens is 1. The van der Waals surface area contributed by atoms with Crippen LogP contribution in [0, 0.1) is 0 Å². The van der Waals surface area contributed by atoms with Crippen LogP contribution >= 0.6 is 15.9 Å². The number of hydrogen-bond donors (Lipinski definition) is 1. The van der Waals surface area contributed by atoms with Gasteiger partial charge in [0.15, 0.2) is 5.82 Å². The molecule has 1 rings (SSSR count). The van der Waals surface area contributed by atoms with Gasteiger partial charge in [0, 0.05) is 4.83 Å². The molecule has 0 radical (unpaired) electrons. The molecule has 1 unspecified atom stereocenters. The molecule has 0 fully saturated rings. The van der Waals surface area contributed by atoms with E-state index in [1.54, 1.807) is 7.05 Å². The first-order valence-electron chi connectivity index (χ1n) is 4.80. The van der Waals surface area contributed by atoms with Gasteiger partial charge in [-0.2, -0.15) is 4.80 Å². The number of aryl methyl sites for hydroxylation is 1. The average molecular weight is 262 g/mol. The third kappa shape index (κ3) is 4.15. The molecule has 5 nitrogen and oxygen atoms in total. The van der Waals surface area contributed by atoms with Crippen molar-refractivity contribution < 1.29 is 0 Å². The van der Waals surface area contributed by atoms with Crippen LogP contribution in [0.5, 0.6) is 0 Å². The summed E-state index contributed by atoms with van der Waals surface area (Å²) in [6.07, 6.45) is 2.28. The van der Waals surface area contributed by atoms with Gasteiger partial charge >= 0.3 is 0 Å². The summed E-state index contributed by atoms with van der Waals surface area (Å²) in [7, 11) is 1.77. The molecular formula is C8H16BrN5. The molecule has 0 spiro atoms. The molecule has 1 aromatic rings. The Morgan fingerprint density at radius 3 is 2.93 bits per heavy atom. The van der Waals surface area contributed by atoms with Crippen molar-refractivity contribution in [1.82, 2.24) is 25.5 Å². The topological polar surface area (TPSA) is 55.6 Å². The lowest BCUT2D eigenvalue weighted by atomic mass is 10.2. The molecule has 0 saturated heterocycles. The molecule has 0 aliphatic rings. The Bertz CT molecular complexity index is 262. The van der Waals surface area contributed by atoms with Gasteiger partial charge < -0.3 is 5.32 Å². The van der Waals surface area contributed by atoms with Gasteiger partial charge in [-0.15, -0.1) is 10.2 Å². The molecular weight excluding hydrogens is 246 g/mol. The molecule has 0 aliphatic heterocycles. The van der Waals surface area contributed by atoms with Crippen LogP contribution in [-0.2, 0) is 13.6 Å². The molecule has 1 atom stereocenters. The largest absolute Gasteiger partial charge is 0.310 e. The molecule has 0 aromatic carbocycles. The summed E-state index contributed by atoms with van der Waals surface area (Å²) in [5.41, 5.74) is 0. The van der Waals surface area contributed by atoms with E-state index in [-0.39, 0.29) is 0 Å². The summed E-state index contributed by atoms with van der Waals surface area (Å²) in [6, 6.07) is 0. The van der Waals surface area contributed by atoms with E-state index in [0.717, 1.165) is 25.2 Å². The number of aromatic nitrogens is 4. The van der Waals surface area contributed by atoms with Crippen LogP contribution in [0.15, 0.2) is 0 Å². The van der Waals surface area contributed by atoms with Crippen LogP contribution in [-0.4, -0.2) is 31.6 Å². The smallest absolute Gasteiger partial charge is 0.188 e. The second-order valence-electron chi connectivity index (χ2n) is 3.17. The molecule has 1 heterocycles. The highest BCUT2D eigenvalue weighted by Crippen LogP contribution is 2.07. The lowest BCUT2D eigenvalue weighted by molar-refractivity contribution is 0.603. The van der Waals surface area contributed by atoms with Crippen LogP contribution in [0.1, 0.15) is 25.6 Å². The Morgan fingerprint density at radius 1 is 1.57 bits per heavy atom. The second-order valence-corrected chi connectivity index (χ2v) is 4.46. The summed E-state index contributed by atoms with van der Waals surface area (Å²) in [4.78, 5) is 2.07. The highest BCUT2D eigenvalue weighted by atomic mass is 79.9. The van der Waals surface area contributed by atoms with Gasteiger partial charge in [0.2, 0.25) is 0 Å². The molecule has 1 N–H and O–H groups in total. The number of nitrogens with one attached hydrogen (secondary N) is 1. The van der Waals surface area contributed by atoms with Crippen molar-refractivity contribution in [2.24, 2.45) is 7.05 Å². The summed E-state index contributed by atoms with van der Waals surface area (Å²) in [5.74, 6) is 0.745. The fourth-order valence-corrected chi connectivity index (χ4v) is 1.29. The summed E-state index contributed by atoms with van der Waals surface area (Å²) in [6.45, 7) is 3.84. The number of hydrogen-bond acceptors (Lipinski definition) is 4. The Labute approximate surface area is 92.4 Å². The van der Waals surface area contributed by atoms with Crippen molar-refractivity contribution in [3.8, 4) is 0 Å². The third-order valence-corrected chi connectivity index (χ3v) is 3.02. The predicted molar refractivity (Wildman–Crippen MR) is 58.1 cm³/mol. The van der Waals surface area contributed by atoms with Gasteiger partial charge in [-0.05, 0) is 24.6 Å². The van der Waals surface area contributed by atoms with E-state index in [1.807, 2.05) is 0 Å². The first kappa shape index (κ1) is 11.6. The van der Waals surface area contributed by atoms with Crippen molar-refractivity contribution in [1.29, 1.82) is 0 Å². The minimum absolute atomic E-state index is 0.602. The van der Waals surface area contributed by atoms with Crippen LogP contribution < -0.4 is 5.32 Å². The Kier molecular flexibility index (Phi) is 5.03. The van der Waals surface area contributed by atoms with Crippen LogP contribution in [0.2, 0.25) is 0 Å².